The fourth-order valence-corrected chi connectivity index (χ4v) is 1.71. The predicted molar refractivity (Wildman–Crippen MR) is 76.7 cm³/mol. The summed E-state index contributed by atoms with van der Waals surface area (Å²) in [6.45, 7) is 0. The molecule has 0 saturated carbocycles. The molecule has 2 aromatic rings. The number of nitrogens with zero attached hydrogens (tertiary/aromatic N) is 4. The molecule has 1 atom stereocenters. The van der Waals surface area contributed by atoms with Gasteiger partial charge in [0.1, 0.15) is 0 Å². The van der Waals surface area contributed by atoms with Gasteiger partial charge in [-0.2, -0.15) is 0 Å². The van der Waals surface area contributed by atoms with Crippen molar-refractivity contribution in [3.63, 3.8) is 0 Å². The molecule has 0 aromatic carbocycles. The van der Waals surface area contributed by atoms with Crippen LogP contribution in [-0.2, 0) is 11.8 Å². The van der Waals surface area contributed by atoms with Gasteiger partial charge in [-0.3, -0.25) is 4.98 Å². The number of rotatable bonds is 3. The first-order valence-corrected chi connectivity index (χ1v) is 6.26. The average molecular weight is 276 g/mol. The molecule has 0 bridgehead atoms. The fraction of sp³-hybridized carbons (Fsp3) is 0.308. The Morgan fingerprint density at radius 3 is 2.63 bits per heavy atom. The second kappa shape index (κ2) is 5.79. The molecule has 1 unspecified atom stereocenters. The number of pyridine rings is 1. The Balaban J connectivity index is 2.35. The summed E-state index contributed by atoms with van der Waals surface area (Å²) in [6.07, 6.45) is 4.92. The number of hydrogen-bond donors (Lipinski definition) is 0. The highest BCUT2D eigenvalue weighted by atomic mass is 32.1. The van der Waals surface area contributed by atoms with Gasteiger partial charge in [0, 0.05) is 39.7 Å². The van der Waals surface area contributed by atoms with E-state index in [1.54, 1.807) is 17.3 Å². The van der Waals surface area contributed by atoms with Gasteiger partial charge in [0.15, 0.2) is 5.82 Å². The smallest absolute Gasteiger partial charge is 0.259 e. The Morgan fingerprint density at radius 2 is 2.11 bits per heavy atom. The third-order valence-corrected chi connectivity index (χ3v) is 3.09. The molecule has 19 heavy (non-hydrogen) atoms. The monoisotopic (exact) mass is 276 g/mol. The van der Waals surface area contributed by atoms with Crippen molar-refractivity contribution >= 4 is 17.4 Å². The second-order valence-electron chi connectivity index (χ2n) is 4.31. The van der Waals surface area contributed by atoms with E-state index in [1.165, 1.54) is 0 Å². The summed E-state index contributed by atoms with van der Waals surface area (Å²) >= 11 is 5.21. The average Bonchev–Trinajstić information content (AvgIpc) is 2.82. The summed E-state index contributed by atoms with van der Waals surface area (Å²) in [5, 5.41) is 0.402. The number of ether oxygens (including phenoxy) is 1. The van der Waals surface area contributed by atoms with E-state index in [2.05, 4.69) is 9.97 Å². The van der Waals surface area contributed by atoms with Crippen molar-refractivity contribution in [2.24, 2.45) is 7.05 Å². The molecule has 0 amide bonds. The van der Waals surface area contributed by atoms with Crippen LogP contribution in [0.15, 0.2) is 36.8 Å². The zero-order valence-corrected chi connectivity index (χ0v) is 12.0. The van der Waals surface area contributed by atoms with Crippen LogP contribution < -0.4 is 0 Å². The van der Waals surface area contributed by atoms with Gasteiger partial charge in [-0.1, -0.05) is 6.07 Å². The van der Waals surface area contributed by atoms with Crippen LogP contribution in [0.5, 0.6) is 0 Å². The Kier molecular flexibility index (Phi) is 4.11. The summed E-state index contributed by atoms with van der Waals surface area (Å²) in [7, 11) is 5.60. The molecular weight excluding hydrogens is 260 g/mol. The highest BCUT2D eigenvalue weighted by molar-refractivity contribution is 7.80. The molecule has 0 saturated heterocycles. The number of imidazole rings is 1. The van der Waals surface area contributed by atoms with E-state index in [0.717, 1.165) is 11.5 Å². The molecule has 2 rings (SSSR count). The molecular formula is C13H16N4OS. The first kappa shape index (κ1) is 13.5. The lowest BCUT2D eigenvalue weighted by atomic mass is 10.2. The molecule has 5 nitrogen and oxygen atoms in total. The lowest BCUT2D eigenvalue weighted by molar-refractivity contribution is 0.191. The fourth-order valence-electron chi connectivity index (χ4n) is 1.61. The Hall–Kier alpha value is -1.95. The molecule has 0 aliphatic heterocycles. The largest absolute Gasteiger partial charge is 0.453 e. The first-order chi connectivity index (χ1) is 9.09. The van der Waals surface area contributed by atoms with Crippen molar-refractivity contribution in [1.29, 1.82) is 0 Å². The molecule has 0 radical (unpaired) electrons. The Morgan fingerprint density at radius 1 is 1.32 bits per heavy atom. The third kappa shape index (κ3) is 3.08. The summed E-state index contributed by atoms with van der Waals surface area (Å²) in [4.78, 5) is 10.4. The van der Waals surface area contributed by atoms with Crippen LogP contribution in [-0.4, -0.2) is 38.7 Å². The van der Waals surface area contributed by atoms with E-state index < -0.39 is 6.10 Å². The van der Waals surface area contributed by atoms with Crippen LogP contribution in [0.4, 0.5) is 0 Å². The normalized spacial score (nSPS) is 11.9. The molecule has 0 aliphatic rings. The maximum Gasteiger partial charge on any atom is 0.259 e. The zero-order valence-electron chi connectivity index (χ0n) is 11.1. The molecule has 6 heteroatoms. The van der Waals surface area contributed by atoms with Crippen LogP contribution in [0.25, 0.3) is 0 Å². The van der Waals surface area contributed by atoms with Crippen LogP contribution in [0.3, 0.4) is 0 Å². The van der Waals surface area contributed by atoms with Crippen LogP contribution in [0, 0.1) is 0 Å². The summed E-state index contributed by atoms with van der Waals surface area (Å²) in [5.74, 6) is 0.767. The first-order valence-electron chi connectivity index (χ1n) is 5.85. The maximum atomic E-state index is 5.83. The maximum absolute atomic E-state index is 5.83. The quantitative estimate of drug-likeness (QED) is 0.799. The minimum atomic E-state index is -0.406. The summed E-state index contributed by atoms with van der Waals surface area (Å²) < 4.78 is 7.74. The van der Waals surface area contributed by atoms with E-state index in [0.29, 0.717) is 5.17 Å². The Bertz CT molecular complexity index is 553. The molecule has 100 valence electrons. The van der Waals surface area contributed by atoms with Crippen molar-refractivity contribution < 1.29 is 4.74 Å². The van der Waals surface area contributed by atoms with Crippen LogP contribution in [0.1, 0.15) is 17.6 Å². The second-order valence-corrected chi connectivity index (χ2v) is 4.66. The number of aryl methyl sites for hydroxylation is 1. The number of aromatic nitrogens is 3. The molecule has 2 heterocycles. The van der Waals surface area contributed by atoms with E-state index in [-0.39, 0.29) is 0 Å². The van der Waals surface area contributed by atoms with Crippen molar-refractivity contribution in [2.75, 3.05) is 14.1 Å². The van der Waals surface area contributed by atoms with Gasteiger partial charge in [-0.25, -0.2) is 4.98 Å². The van der Waals surface area contributed by atoms with Gasteiger partial charge < -0.3 is 14.2 Å². The lowest BCUT2D eigenvalue weighted by Gasteiger charge is -2.22. The van der Waals surface area contributed by atoms with Crippen LogP contribution in [0.2, 0.25) is 0 Å². The summed E-state index contributed by atoms with van der Waals surface area (Å²) in [6, 6.07) is 5.68. The zero-order chi connectivity index (χ0) is 13.8. The molecule has 0 fully saturated rings. The Labute approximate surface area is 117 Å². The van der Waals surface area contributed by atoms with E-state index >= 15 is 0 Å². The van der Waals surface area contributed by atoms with Crippen molar-refractivity contribution in [3.05, 3.63) is 48.3 Å². The van der Waals surface area contributed by atoms with Gasteiger partial charge in [-0.15, -0.1) is 0 Å². The van der Waals surface area contributed by atoms with Gasteiger partial charge in [0.05, 0.1) is 5.69 Å². The van der Waals surface area contributed by atoms with Gasteiger partial charge in [0.25, 0.3) is 5.17 Å². The SMILES string of the molecule is CN(C)C(=S)OC(c1ccccn1)c1nccn1C. The summed E-state index contributed by atoms with van der Waals surface area (Å²) in [5.41, 5.74) is 0.779. The van der Waals surface area contributed by atoms with Crippen molar-refractivity contribution in [3.8, 4) is 0 Å². The third-order valence-electron chi connectivity index (χ3n) is 2.63. The van der Waals surface area contributed by atoms with E-state index in [1.807, 2.05) is 50.1 Å². The van der Waals surface area contributed by atoms with E-state index in [4.69, 9.17) is 17.0 Å². The molecule has 2 aromatic heterocycles. The van der Waals surface area contributed by atoms with Crippen LogP contribution >= 0.6 is 12.2 Å². The highest BCUT2D eigenvalue weighted by Gasteiger charge is 2.23. The van der Waals surface area contributed by atoms with Gasteiger partial charge in [-0.05, 0) is 24.4 Å². The topological polar surface area (TPSA) is 43.2 Å². The van der Waals surface area contributed by atoms with Crippen molar-refractivity contribution in [2.45, 2.75) is 6.10 Å². The van der Waals surface area contributed by atoms with E-state index in [9.17, 15) is 0 Å². The lowest BCUT2D eigenvalue weighted by Crippen LogP contribution is -2.26. The molecule has 0 spiro atoms. The highest BCUT2D eigenvalue weighted by Crippen LogP contribution is 2.23. The number of thiocarbonyl (C=S) groups is 1. The van der Waals surface area contributed by atoms with Gasteiger partial charge >= 0.3 is 0 Å². The minimum Gasteiger partial charge on any atom is -0.453 e. The predicted octanol–water partition coefficient (Wildman–Crippen LogP) is 1.77. The van der Waals surface area contributed by atoms with Crippen molar-refractivity contribution in [1.82, 2.24) is 19.4 Å². The number of hydrogen-bond acceptors (Lipinski definition) is 4. The standard InChI is InChI=1S/C13H16N4OS/c1-16(2)13(19)18-11(10-6-4-5-7-14-10)12-15-8-9-17(12)3/h4-9,11H,1-3H3. The molecule has 0 aliphatic carbocycles. The van der Waals surface area contributed by atoms with Gasteiger partial charge in [0.2, 0.25) is 6.10 Å². The minimum absolute atomic E-state index is 0.402. The molecule has 0 N–H and O–H groups in total.